The van der Waals surface area contributed by atoms with Crippen molar-refractivity contribution in [3.63, 3.8) is 0 Å². The maximum atomic E-state index is 12.5. The van der Waals surface area contributed by atoms with Gasteiger partial charge in [0.15, 0.2) is 0 Å². The second kappa shape index (κ2) is 7.30. The van der Waals surface area contributed by atoms with Gasteiger partial charge >= 0.3 is 0 Å². The van der Waals surface area contributed by atoms with E-state index >= 15 is 0 Å². The van der Waals surface area contributed by atoms with Crippen LogP contribution in [0.5, 0.6) is 0 Å². The molecule has 26 heavy (non-hydrogen) atoms. The van der Waals surface area contributed by atoms with Crippen LogP contribution in [-0.4, -0.2) is 28.0 Å². The zero-order valence-electron chi connectivity index (χ0n) is 14.9. The van der Waals surface area contributed by atoms with E-state index in [2.05, 4.69) is 5.32 Å². The first-order valence-corrected chi connectivity index (χ1v) is 9.17. The highest BCUT2D eigenvalue weighted by molar-refractivity contribution is 5.95. The second-order valence-electron chi connectivity index (χ2n) is 6.83. The molecule has 1 N–H and O–H groups in total. The zero-order chi connectivity index (χ0) is 17.9. The highest BCUT2D eigenvalue weighted by Gasteiger charge is 2.20. The predicted molar refractivity (Wildman–Crippen MR) is 102 cm³/mol. The lowest BCUT2D eigenvalue weighted by Crippen LogP contribution is -2.22. The molecule has 5 heteroatoms. The molecule has 1 saturated carbocycles. The molecule has 0 saturated heterocycles. The standard InChI is InChI=1S/C21H23N3O2/c1-15-8-7-13-24-20(15)23-19(16-9-3-2-4-10-16)21(24)22-18(25)14-26-17-11-5-6-12-17/h2-4,7-10,13,17H,5-6,11-12,14H2,1H3,(H,22,25). The summed E-state index contributed by atoms with van der Waals surface area (Å²) in [5, 5.41) is 3.02. The molecular formula is C21H23N3O2. The third-order valence-electron chi connectivity index (χ3n) is 4.90. The fourth-order valence-electron chi connectivity index (χ4n) is 3.54. The Labute approximate surface area is 153 Å². The van der Waals surface area contributed by atoms with E-state index in [9.17, 15) is 4.79 Å². The van der Waals surface area contributed by atoms with E-state index in [1.54, 1.807) is 0 Å². The summed E-state index contributed by atoms with van der Waals surface area (Å²) in [6.45, 7) is 2.10. The first-order chi connectivity index (χ1) is 12.7. The lowest BCUT2D eigenvalue weighted by Gasteiger charge is -2.12. The van der Waals surface area contributed by atoms with Crippen LogP contribution in [0.2, 0.25) is 0 Å². The first kappa shape index (κ1) is 16.8. The molecule has 3 aromatic rings. The molecule has 0 unspecified atom stereocenters. The van der Waals surface area contributed by atoms with Crippen LogP contribution in [0, 0.1) is 6.92 Å². The number of hydrogen-bond donors (Lipinski definition) is 1. The number of pyridine rings is 1. The summed E-state index contributed by atoms with van der Waals surface area (Å²) in [6, 6.07) is 13.9. The average molecular weight is 349 g/mol. The number of aromatic nitrogens is 2. The van der Waals surface area contributed by atoms with E-state index < -0.39 is 0 Å². The molecule has 1 aromatic carbocycles. The van der Waals surface area contributed by atoms with E-state index in [0.29, 0.717) is 5.82 Å². The minimum Gasteiger partial charge on any atom is -0.368 e. The third kappa shape index (κ3) is 3.35. The van der Waals surface area contributed by atoms with Crippen LogP contribution in [0.15, 0.2) is 48.7 Å². The number of fused-ring (bicyclic) bond motifs is 1. The molecule has 0 bridgehead atoms. The summed E-state index contributed by atoms with van der Waals surface area (Å²) in [6.07, 6.45) is 6.64. The van der Waals surface area contributed by atoms with Crippen LogP contribution in [0.1, 0.15) is 31.2 Å². The van der Waals surface area contributed by atoms with Crippen molar-refractivity contribution in [2.45, 2.75) is 38.7 Å². The quantitative estimate of drug-likeness (QED) is 0.751. The molecule has 4 rings (SSSR count). The van der Waals surface area contributed by atoms with E-state index in [4.69, 9.17) is 9.72 Å². The monoisotopic (exact) mass is 349 g/mol. The largest absolute Gasteiger partial charge is 0.368 e. The van der Waals surface area contributed by atoms with Gasteiger partial charge in [0, 0.05) is 11.8 Å². The van der Waals surface area contributed by atoms with Crippen LogP contribution < -0.4 is 5.32 Å². The fraction of sp³-hybridized carbons (Fsp3) is 0.333. The van der Waals surface area contributed by atoms with Crippen molar-refractivity contribution >= 4 is 17.4 Å². The molecule has 1 amide bonds. The lowest BCUT2D eigenvalue weighted by atomic mass is 10.1. The topological polar surface area (TPSA) is 55.6 Å². The summed E-state index contributed by atoms with van der Waals surface area (Å²) in [4.78, 5) is 17.3. The Hall–Kier alpha value is -2.66. The van der Waals surface area contributed by atoms with E-state index in [-0.39, 0.29) is 18.6 Å². The number of nitrogens with zero attached hydrogens (tertiary/aromatic N) is 2. The van der Waals surface area contributed by atoms with Crippen molar-refractivity contribution in [2.75, 3.05) is 11.9 Å². The predicted octanol–water partition coefficient (Wildman–Crippen LogP) is 4.21. The molecule has 1 aliphatic carbocycles. The van der Waals surface area contributed by atoms with Crippen molar-refractivity contribution in [2.24, 2.45) is 0 Å². The molecule has 134 valence electrons. The maximum absolute atomic E-state index is 12.5. The van der Waals surface area contributed by atoms with Crippen molar-refractivity contribution in [1.82, 2.24) is 9.38 Å². The highest BCUT2D eigenvalue weighted by atomic mass is 16.5. The number of rotatable bonds is 5. The molecular weight excluding hydrogens is 326 g/mol. The minimum atomic E-state index is -0.141. The Morgan fingerprint density at radius 3 is 2.73 bits per heavy atom. The Kier molecular flexibility index (Phi) is 4.71. The van der Waals surface area contributed by atoms with Crippen molar-refractivity contribution < 1.29 is 9.53 Å². The smallest absolute Gasteiger partial charge is 0.251 e. The number of benzene rings is 1. The Bertz CT molecular complexity index is 912. The molecule has 5 nitrogen and oxygen atoms in total. The maximum Gasteiger partial charge on any atom is 0.251 e. The van der Waals surface area contributed by atoms with Gasteiger partial charge in [-0.15, -0.1) is 0 Å². The Balaban J connectivity index is 1.64. The molecule has 1 aliphatic rings. The molecule has 1 fully saturated rings. The third-order valence-corrected chi connectivity index (χ3v) is 4.90. The summed E-state index contributed by atoms with van der Waals surface area (Å²) in [5.41, 5.74) is 3.66. The van der Waals surface area contributed by atoms with Gasteiger partial charge in [0.2, 0.25) is 0 Å². The summed E-state index contributed by atoms with van der Waals surface area (Å²) in [5.74, 6) is 0.548. The van der Waals surface area contributed by atoms with Gasteiger partial charge in [-0.1, -0.05) is 49.2 Å². The van der Waals surface area contributed by atoms with Crippen LogP contribution >= 0.6 is 0 Å². The molecule has 0 aliphatic heterocycles. The molecule has 0 atom stereocenters. The minimum absolute atomic E-state index is 0.0813. The van der Waals surface area contributed by atoms with Gasteiger partial charge in [0.05, 0.1) is 6.10 Å². The van der Waals surface area contributed by atoms with Crippen LogP contribution in [0.25, 0.3) is 16.9 Å². The highest BCUT2D eigenvalue weighted by Crippen LogP contribution is 2.29. The van der Waals surface area contributed by atoms with E-state index in [1.165, 1.54) is 12.8 Å². The van der Waals surface area contributed by atoms with Crippen LogP contribution in [0.3, 0.4) is 0 Å². The normalized spacial score (nSPS) is 14.8. The summed E-state index contributed by atoms with van der Waals surface area (Å²) >= 11 is 0. The number of nitrogens with one attached hydrogen (secondary N) is 1. The van der Waals surface area contributed by atoms with E-state index in [0.717, 1.165) is 35.3 Å². The number of carbonyl (C=O) groups excluding carboxylic acids is 1. The van der Waals surface area contributed by atoms with Crippen LogP contribution in [-0.2, 0) is 9.53 Å². The second-order valence-corrected chi connectivity index (χ2v) is 6.83. The zero-order valence-corrected chi connectivity index (χ0v) is 14.9. The van der Waals surface area contributed by atoms with Gasteiger partial charge in [0.25, 0.3) is 5.91 Å². The number of hydrogen-bond acceptors (Lipinski definition) is 3. The number of carbonyl (C=O) groups is 1. The summed E-state index contributed by atoms with van der Waals surface area (Å²) in [7, 11) is 0. The van der Waals surface area contributed by atoms with Crippen LogP contribution in [0.4, 0.5) is 5.82 Å². The average Bonchev–Trinajstić information content (AvgIpc) is 3.30. The van der Waals surface area contributed by atoms with Crippen molar-refractivity contribution in [1.29, 1.82) is 0 Å². The fourth-order valence-corrected chi connectivity index (χ4v) is 3.54. The van der Waals surface area contributed by atoms with Gasteiger partial charge in [-0.25, -0.2) is 4.98 Å². The summed E-state index contributed by atoms with van der Waals surface area (Å²) < 4.78 is 7.69. The number of amides is 1. The Morgan fingerprint density at radius 1 is 1.19 bits per heavy atom. The lowest BCUT2D eigenvalue weighted by molar-refractivity contribution is -0.122. The van der Waals surface area contributed by atoms with Crippen molar-refractivity contribution in [3.8, 4) is 11.3 Å². The number of aryl methyl sites for hydroxylation is 1. The SMILES string of the molecule is Cc1cccn2c(NC(=O)COC3CCCC3)c(-c3ccccc3)nc12. The Morgan fingerprint density at radius 2 is 1.96 bits per heavy atom. The number of ether oxygens (including phenoxy) is 1. The number of imidazole rings is 1. The molecule has 0 radical (unpaired) electrons. The van der Waals surface area contributed by atoms with Gasteiger partial charge in [-0.05, 0) is 31.4 Å². The van der Waals surface area contributed by atoms with Gasteiger partial charge in [-0.2, -0.15) is 0 Å². The van der Waals surface area contributed by atoms with Gasteiger partial charge in [-0.3, -0.25) is 9.20 Å². The van der Waals surface area contributed by atoms with Crippen molar-refractivity contribution in [3.05, 3.63) is 54.2 Å². The number of anilines is 1. The van der Waals surface area contributed by atoms with E-state index in [1.807, 2.05) is 60.0 Å². The van der Waals surface area contributed by atoms with Gasteiger partial charge in [0.1, 0.15) is 23.8 Å². The first-order valence-electron chi connectivity index (χ1n) is 9.17. The van der Waals surface area contributed by atoms with Gasteiger partial charge < -0.3 is 10.1 Å². The molecule has 0 spiro atoms. The molecule has 2 aromatic heterocycles. The molecule has 2 heterocycles.